The molecule has 1 rings (SSSR count). The summed E-state index contributed by atoms with van der Waals surface area (Å²) in [6.07, 6.45) is 9.15. The van der Waals surface area contributed by atoms with Crippen molar-refractivity contribution in [2.75, 3.05) is 0 Å². The highest BCUT2D eigenvalue weighted by atomic mass is 28.3. The Morgan fingerprint density at radius 1 is 1.31 bits per heavy atom. The molecule has 0 aliphatic heterocycles. The summed E-state index contributed by atoms with van der Waals surface area (Å²) < 4.78 is 0. The first kappa shape index (κ1) is 11.0. The summed E-state index contributed by atoms with van der Waals surface area (Å²) in [6, 6.07) is 0.784. The summed E-state index contributed by atoms with van der Waals surface area (Å²) in [5, 5.41) is 3.75. The van der Waals surface area contributed by atoms with Crippen LogP contribution in [0.4, 0.5) is 0 Å². The van der Waals surface area contributed by atoms with Gasteiger partial charge < -0.3 is 5.32 Å². The van der Waals surface area contributed by atoms with Gasteiger partial charge in [-0.15, -0.1) is 6.58 Å². The molecule has 1 saturated carbocycles. The largest absolute Gasteiger partial charge is 0.311 e. The fourth-order valence-electron chi connectivity index (χ4n) is 2.07. The third-order valence-electron chi connectivity index (χ3n) is 3.01. The van der Waals surface area contributed by atoms with E-state index in [2.05, 4.69) is 31.1 Å². The average molecular weight is 197 g/mol. The molecule has 0 saturated heterocycles. The van der Waals surface area contributed by atoms with Crippen molar-refractivity contribution in [3.8, 4) is 0 Å². The summed E-state index contributed by atoms with van der Waals surface area (Å²) in [7, 11) is -0.586. The maximum atomic E-state index is 3.92. The maximum absolute atomic E-state index is 3.92. The van der Waals surface area contributed by atoms with E-state index >= 15 is 0 Å². The summed E-state index contributed by atoms with van der Waals surface area (Å²) >= 11 is 0. The maximum Gasteiger partial charge on any atom is 0.0554 e. The molecule has 0 aromatic heterocycles. The van der Waals surface area contributed by atoms with Crippen LogP contribution in [0.25, 0.3) is 0 Å². The molecule has 2 heteroatoms. The quantitative estimate of drug-likeness (QED) is 0.539. The van der Waals surface area contributed by atoms with E-state index in [4.69, 9.17) is 0 Å². The molecule has 1 atom stereocenters. The first-order valence-electron chi connectivity index (χ1n) is 5.62. The number of hydrogen-bond donors (Lipinski definition) is 1. The van der Waals surface area contributed by atoms with Crippen molar-refractivity contribution in [1.29, 1.82) is 0 Å². The Kier molecular flexibility index (Phi) is 4.74. The lowest BCUT2D eigenvalue weighted by Gasteiger charge is -2.28. The Labute approximate surface area is 84.2 Å². The third-order valence-corrected chi connectivity index (χ3v) is 4.91. The van der Waals surface area contributed by atoms with Gasteiger partial charge in [-0.3, -0.25) is 0 Å². The Morgan fingerprint density at radius 3 is 2.38 bits per heavy atom. The minimum absolute atomic E-state index is 0.586. The van der Waals surface area contributed by atoms with Gasteiger partial charge in [-0.2, -0.15) is 0 Å². The molecular weight excluding hydrogens is 174 g/mol. The molecule has 1 aliphatic rings. The van der Waals surface area contributed by atoms with Gasteiger partial charge in [0.1, 0.15) is 0 Å². The van der Waals surface area contributed by atoms with E-state index in [0.29, 0.717) is 5.67 Å². The normalized spacial score (nSPS) is 21.8. The van der Waals surface area contributed by atoms with Crippen LogP contribution in [0.5, 0.6) is 0 Å². The van der Waals surface area contributed by atoms with Gasteiger partial charge in [-0.1, -0.05) is 38.4 Å². The zero-order chi connectivity index (χ0) is 9.68. The minimum Gasteiger partial charge on any atom is -0.311 e. The molecular formula is C11H23NSi. The highest BCUT2D eigenvalue weighted by Gasteiger charge is 2.18. The van der Waals surface area contributed by atoms with Crippen molar-refractivity contribution < 1.29 is 0 Å². The Balaban J connectivity index is 2.31. The van der Waals surface area contributed by atoms with E-state index in [-0.39, 0.29) is 0 Å². The molecule has 0 bridgehead atoms. The average Bonchev–Trinajstić information content (AvgIpc) is 2.15. The number of rotatable bonds is 4. The molecule has 0 radical (unpaired) electrons. The first-order valence-corrected chi connectivity index (χ1v) is 8.60. The predicted octanol–water partition coefficient (Wildman–Crippen LogP) is 2.49. The fourth-order valence-corrected chi connectivity index (χ4v) is 3.28. The van der Waals surface area contributed by atoms with E-state index in [9.17, 15) is 0 Å². The van der Waals surface area contributed by atoms with Gasteiger partial charge in [-0.05, 0) is 12.8 Å². The third kappa shape index (κ3) is 3.65. The molecule has 0 aromatic carbocycles. The number of nitrogens with one attached hydrogen (secondary N) is 1. The SMILES string of the molecule is C=CC(NC1CCCCC1)[SiH](C)C. The lowest BCUT2D eigenvalue weighted by molar-refractivity contribution is 0.375. The highest BCUT2D eigenvalue weighted by molar-refractivity contribution is 6.58. The molecule has 1 fully saturated rings. The molecule has 13 heavy (non-hydrogen) atoms. The number of hydrogen-bond acceptors (Lipinski definition) is 1. The van der Waals surface area contributed by atoms with Crippen molar-refractivity contribution in [2.24, 2.45) is 0 Å². The van der Waals surface area contributed by atoms with Gasteiger partial charge >= 0.3 is 0 Å². The Hall–Kier alpha value is -0.0831. The van der Waals surface area contributed by atoms with Crippen LogP contribution in [-0.2, 0) is 0 Å². The minimum atomic E-state index is -0.586. The van der Waals surface area contributed by atoms with Crippen molar-refractivity contribution >= 4 is 8.80 Å². The van der Waals surface area contributed by atoms with Crippen LogP contribution in [0.15, 0.2) is 12.7 Å². The van der Waals surface area contributed by atoms with Gasteiger partial charge in [-0.25, -0.2) is 0 Å². The lowest BCUT2D eigenvalue weighted by atomic mass is 9.95. The zero-order valence-electron chi connectivity index (χ0n) is 9.05. The van der Waals surface area contributed by atoms with Crippen LogP contribution in [0.3, 0.4) is 0 Å². The van der Waals surface area contributed by atoms with Gasteiger partial charge in [0.15, 0.2) is 0 Å². The smallest absolute Gasteiger partial charge is 0.0554 e. The highest BCUT2D eigenvalue weighted by Crippen LogP contribution is 2.18. The molecule has 0 amide bonds. The van der Waals surface area contributed by atoms with Crippen LogP contribution < -0.4 is 5.32 Å². The lowest BCUT2D eigenvalue weighted by Crippen LogP contribution is -2.44. The van der Waals surface area contributed by atoms with Crippen molar-refractivity contribution in [2.45, 2.75) is 56.9 Å². The summed E-state index contributed by atoms with van der Waals surface area (Å²) in [6.45, 7) is 8.70. The fraction of sp³-hybridized carbons (Fsp3) is 0.818. The van der Waals surface area contributed by atoms with E-state index in [1.165, 1.54) is 32.1 Å². The van der Waals surface area contributed by atoms with Crippen LogP contribution in [0.2, 0.25) is 13.1 Å². The van der Waals surface area contributed by atoms with Gasteiger partial charge in [0.2, 0.25) is 0 Å². The Morgan fingerprint density at radius 2 is 1.92 bits per heavy atom. The standard InChI is InChI=1S/C11H23NSi/c1-4-11(13(2)3)12-10-8-6-5-7-9-10/h4,10-13H,1,5-9H2,2-3H3. The topological polar surface area (TPSA) is 12.0 Å². The second-order valence-corrected chi connectivity index (χ2v) is 7.71. The van der Waals surface area contributed by atoms with E-state index < -0.39 is 8.80 Å². The van der Waals surface area contributed by atoms with Crippen LogP contribution >= 0.6 is 0 Å². The molecule has 1 nitrogen and oxygen atoms in total. The van der Waals surface area contributed by atoms with Crippen LogP contribution in [-0.4, -0.2) is 20.5 Å². The Bertz CT molecular complexity index is 150. The van der Waals surface area contributed by atoms with E-state index in [1.54, 1.807) is 0 Å². The van der Waals surface area contributed by atoms with Crippen molar-refractivity contribution in [3.63, 3.8) is 0 Å². The molecule has 1 aliphatic carbocycles. The van der Waals surface area contributed by atoms with Gasteiger partial charge in [0.25, 0.3) is 0 Å². The first-order chi connectivity index (χ1) is 6.24. The molecule has 76 valence electrons. The summed E-state index contributed by atoms with van der Waals surface area (Å²) in [5.74, 6) is 0. The van der Waals surface area contributed by atoms with Crippen molar-refractivity contribution in [3.05, 3.63) is 12.7 Å². The summed E-state index contributed by atoms with van der Waals surface area (Å²) in [5.41, 5.74) is 0.642. The van der Waals surface area contributed by atoms with Gasteiger partial charge in [0, 0.05) is 11.7 Å². The van der Waals surface area contributed by atoms with Gasteiger partial charge in [0.05, 0.1) is 8.80 Å². The monoisotopic (exact) mass is 197 g/mol. The van der Waals surface area contributed by atoms with Crippen LogP contribution in [0.1, 0.15) is 32.1 Å². The predicted molar refractivity (Wildman–Crippen MR) is 62.9 cm³/mol. The second-order valence-electron chi connectivity index (χ2n) is 4.51. The molecule has 0 heterocycles. The second kappa shape index (κ2) is 5.61. The molecule has 1 unspecified atom stereocenters. The van der Waals surface area contributed by atoms with E-state index in [1.807, 2.05) is 0 Å². The van der Waals surface area contributed by atoms with Crippen LogP contribution in [0, 0.1) is 0 Å². The van der Waals surface area contributed by atoms with E-state index in [0.717, 1.165) is 6.04 Å². The molecule has 1 N–H and O–H groups in total. The molecule has 0 spiro atoms. The zero-order valence-corrected chi connectivity index (χ0v) is 10.2. The molecule has 0 aromatic rings. The van der Waals surface area contributed by atoms with Crippen molar-refractivity contribution in [1.82, 2.24) is 5.32 Å². The summed E-state index contributed by atoms with van der Waals surface area (Å²) in [4.78, 5) is 0.